The highest BCUT2D eigenvalue weighted by Crippen LogP contribution is 2.48. The lowest BCUT2D eigenvalue weighted by Crippen LogP contribution is -2.32. The molecule has 0 saturated carbocycles. The maximum atomic E-state index is 11.7. The van der Waals surface area contributed by atoms with Gasteiger partial charge in [0, 0.05) is 40.8 Å². The first kappa shape index (κ1) is 28.3. The fraction of sp³-hybridized carbons (Fsp3) is 0.345. The van der Waals surface area contributed by atoms with Gasteiger partial charge in [0.05, 0.1) is 17.6 Å². The van der Waals surface area contributed by atoms with Crippen LogP contribution in [0.4, 0.5) is 5.69 Å². The highest BCUT2D eigenvalue weighted by Gasteiger charge is 2.40. The van der Waals surface area contributed by atoms with Crippen LogP contribution in [0.5, 0.6) is 0 Å². The number of aliphatic carboxylic acids is 1. The number of unbranched alkanes of at least 4 members (excludes halogenated alkanes) is 2. The number of benzene rings is 1. The van der Waals surface area contributed by atoms with E-state index in [2.05, 4.69) is 9.88 Å². The van der Waals surface area contributed by atoms with Gasteiger partial charge in [0.25, 0.3) is 0 Å². The van der Waals surface area contributed by atoms with Crippen LogP contribution in [0.1, 0.15) is 57.9 Å². The van der Waals surface area contributed by atoms with Crippen molar-refractivity contribution in [3.8, 4) is 0 Å². The third-order valence-electron chi connectivity index (χ3n) is 6.92. The zero-order valence-electron chi connectivity index (χ0n) is 22.3. The number of allylic oxidation sites excluding steroid dienone is 5. The number of hydrogen-bond acceptors (Lipinski definition) is 7. The maximum Gasteiger partial charge on any atom is 0.370 e. The zero-order valence-corrected chi connectivity index (χ0v) is 23.1. The maximum absolute atomic E-state index is 11.7. The second kappa shape index (κ2) is 11.5. The fourth-order valence-corrected chi connectivity index (χ4v) is 5.41. The van der Waals surface area contributed by atoms with E-state index in [1.165, 1.54) is 12.1 Å². The van der Waals surface area contributed by atoms with Crippen molar-refractivity contribution in [2.75, 3.05) is 11.4 Å². The third-order valence-corrected chi connectivity index (χ3v) is 7.75. The van der Waals surface area contributed by atoms with Gasteiger partial charge >= 0.3 is 17.5 Å². The number of rotatable bonds is 11. The first-order valence-corrected chi connectivity index (χ1v) is 14.4. The summed E-state index contributed by atoms with van der Waals surface area (Å²) < 4.78 is 42.9. The topological polar surface area (TPSA) is 128 Å². The third kappa shape index (κ3) is 6.29. The van der Waals surface area contributed by atoms with Gasteiger partial charge < -0.3 is 19.0 Å². The van der Waals surface area contributed by atoms with Gasteiger partial charge in [-0.25, -0.2) is 13.0 Å². The molecule has 0 radical (unpaired) electrons. The van der Waals surface area contributed by atoms with Crippen molar-refractivity contribution in [3.63, 3.8) is 0 Å². The van der Waals surface area contributed by atoms with Gasteiger partial charge in [-0.05, 0) is 61.7 Å². The Bertz CT molecular complexity index is 1570. The monoisotopic (exact) mass is 551 g/mol. The summed E-state index contributed by atoms with van der Waals surface area (Å²) >= 11 is 0. The first-order chi connectivity index (χ1) is 18.5. The number of aromatic nitrogens is 2. The minimum Gasteiger partial charge on any atom is -0.744 e. The van der Waals surface area contributed by atoms with Crippen LogP contribution in [0.3, 0.4) is 0 Å². The van der Waals surface area contributed by atoms with Gasteiger partial charge in [-0.2, -0.15) is 0 Å². The molecule has 4 rings (SSSR count). The molecule has 10 heteroatoms. The number of hydrogen-bond donors (Lipinski definition) is 1. The van der Waals surface area contributed by atoms with Gasteiger partial charge in [0.15, 0.2) is 0 Å². The summed E-state index contributed by atoms with van der Waals surface area (Å²) in [5.41, 5.74) is 3.50. The SMILES string of the molecule is CC[n+]1cccc2oc(/C=C/C=C/C=C3/N(CCCCCC(=O)O)c4ccc(S(=O)(=O)[O-])cc4C3(C)C)nc21. The molecular formula is C29H33N3O6S. The number of fused-ring (bicyclic) bond motifs is 2. The van der Waals surface area contributed by atoms with Crippen molar-refractivity contribution in [1.82, 2.24) is 4.98 Å². The van der Waals surface area contributed by atoms with E-state index in [1.807, 2.05) is 68.0 Å². The normalized spacial score (nSPS) is 16.2. The molecule has 9 nitrogen and oxygen atoms in total. The summed E-state index contributed by atoms with van der Waals surface area (Å²) in [6.07, 6.45) is 13.6. The molecule has 39 heavy (non-hydrogen) atoms. The van der Waals surface area contributed by atoms with Gasteiger partial charge in [-0.3, -0.25) is 4.79 Å². The Morgan fingerprint density at radius 2 is 1.97 bits per heavy atom. The van der Waals surface area contributed by atoms with Crippen LogP contribution in [0.25, 0.3) is 17.3 Å². The van der Waals surface area contributed by atoms with E-state index < -0.39 is 21.5 Å². The lowest BCUT2D eigenvalue weighted by Gasteiger charge is -2.27. The van der Waals surface area contributed by atoms with Crippen molar-refractivity contribution in [1.29, 1.82) is 0 Å². The van der Waals surface area contributed by atoms with Crippen molar-refractivity contribution < 1.29 is 31.9 Å². The molecule has 1 aromatic carbocycles. The summed E-state index contributed by atoms with van der Waals surface area (Å²) in [5.74, 6) is -0.311. The number of carboxylic acids is 1. The van der Waals surface area contributed by atoms with E-state index >= 15 is 0 Å². The van der Waals surface area contributed by atoms with Gasteiger partial charge in [-0.1, -0.05) is 38.5 Å². The van der Waals surface area contributed by atoms with Crippen LogP contribution in [-0.4, -0.2) is 35.6 Å². The molecule has 0 aliphatic carbocycles. The summed E-state index contributed by atoms with van der Waals surface area (Å²) in [4.78, 5) is 17.3. The molecule has 1 N–H and O–H groups in total. The summed E-state index contributed by atoms with van der Waals surface area (Å²) in [6, 6.07) is 8.30. The molecule has 0 fully saturated rings. The Morgan fingerprint density at radius 3 is 2.69 bits per heavy atom. The number of oxazole rings is 1. The minimum atomic E-state index is -4.59. The molecule has 3 heterocycles. The van der Waals surface area contributed by atoms with Crippen molar-refractivity contribution >= 4 is 39.1 Å². The molecule has 0 amide bonds. The van der Waals surface area contributed by atoms with E-state index in [9.17, 15) is 17.8 Å². The highest BCUT2D eigenvalue weighted by atomic mass is 32.2. The van der Waals surface area contributed by atoms with E-state index in [1.54, 1.807) is 12.1 Å². The summed E-state index contributed by atoms with van der Waals surface area (Å²) in [6.45, 7) is 7.46. The van der Waals surface area contributed by atoms with Crippen LogP contribution < -0.4 is 9.47 Å². The second-order valence-electron chi connectivity index (χ2n) is 9.94. The lowest BCUT2D eigenvalue weighted by atomic mass is 9.83. The minimum absolute atomic E-state index is 0.128. The Labute approximate surface area is 228 Å². The standard InChI is InChI=1S/C29H33N3O6S/c1-4-31-18-11-12-24-28(31)30-26(38-24)14-8-5-7-13-25-29(2,3)22-20-21(39(35,36)37)16-17-23(22)32(25)19-10-6-9-15-27(33)34/h5,7-8,11-14,16-18,20H,4,6,9-10,15,19H2,1-3H3,(H-,33,34,35,36,37). The average Bonchev–Trinajstić information content (AvgIpc) is 3.39. The molecule has 1 aliphatic rings. The largest absolute Gasteiger partial charge is 0.744 e. The number of aryl methyl sites for hydroxylation is 1. The predicted molar refractivity (Wildman–Crippen MR) is 147 cm³/mol. The Balaban J connectivity index is 1.58. The Morgan fingerprint density at radius 1 is 1.18 bits per heavy atom. The molecule has 0 saturated heterocycles. The molecule has 3 aromatic rings. The zero-order chi connectivity index (χ0) is 28.2. The average molecular weight is 552 g/mol. The van der Waals surface area contributed by atoms with E-state index in [4.69, 9.17) is 9.52 Å². The predicted octanol–water partition coefficient (Wildman–Crippen LogP) is 4.94. The summed E-state index contributed by atoms with van der Waals surface area (Å²) in [5, 5.41) is 8.91. The van der Waals surface area contributed by atoms with Crippen LogP contribution in [0, 0.1) is 0 Å². The molecule has 0 atom stereocenters. The van der Waals surface area contributed by atoms with Gasteiger partial charge in [0.2, 0.25) is 5.58 Å². The van der Waals surface area contributed by atoms with E-state index in [0.717, 1.165) is 42.0 Å². The molecular weight excluding hydrogens is 518 g/mol. The molecule has 0 unspecified atom stereocenters. The van der Waals surface area contributed by atoms with Crippen molar-refractivity contribution in [2.24, 2.45) is 0 Å². The van der Waals surface area contributed by atoms with Crippen molar-refractivity contribution in [3.05, 3.63) is 78.0 Å². The number of nitrogens with zero attached hydrogens (tertiary/aromatic N) is 3. The quantitative estimate of drug-likeness (QED) is 0.154. The smallest absolute Gasteiger partial charge is 0.370 e. The van der Waals surface area contributed by atoms with E-state index in [0.29, 0.717) is 24.4 Å². The lowest BCUT2D eigenvalue weighted by molar-refractivity contribution is -0.669. The fourth-order valence-electron chi connectivity index (χ4n) is 4.91. The Hall–Kier alpha value is -3.76. The molecule has 0 spiro atoms. The van der Waals surface area contributed by atoms with E-state index in [-0.39, 0.29) is 11.3 Å². The number of pyridine rings is 1. The number of carbonyl (C=O) groups is 1. The molecule has 0 bridgehead atoms. The van der Waals surface area contributed by atoms with Crippen LogP contribution >= 0.6 is 0 Å². The highest BCUT2D eigenvalue weighted by molar-refractivity contribution is 7.85. The van der Waals surface area contributed by atoms with Crippen LogP contribution in [-0.2, 0) is 26.9 Å². The summed E-state index contributed by atoms with van der Waals surface area (Å²) in [7, 11) is -4.59. The number of carboxylic acid groups (broad SMARTS) is 1. The molecule has 206 valence electrons. The van der Waals surface area contributed by atoms with Crippen LogP contribution in [0.15, 0.2) is 75.8 Å². The Kier molecular flexibility index (Phi) is 8.36. The number of anilines is 1. The van der Waals surface area contributed by atoms with Crippen LogP contribution in [0.2, 0.25) is 0 Å². The van der Waals surface area contributed by atoms with Gasteiger partial charge in [0.1, 0.15) is 10.1 Å². The molecule has 1 aliphatic heterocycles. The van der Waals surface area contributed by atoms with Crippen molar-refractivity contribution in [2.45, 2.75) is 63.3 Å². The first-order valence-electron chi connectivity index (χ1n) is 13.0. The second-order valence-corrected chi connectivity index (χ2v) is 11.3. The molecule has 2 aromatic heterocycles. The van der Waals surface area contributed by atoms with Gasteiger partial charge in [-0.15, -0.1) is 0 Å².